The second kappa shape index (κ2) is 5.07. The third-order valence-electron chi connectivity index (χ3n) is 2.24. The zero-order valence-electron chi connectivity index (χ0n) is 8.94. The molecular weight excluding hydrogens is 221 g/mol. The summed E-state index contributed by atoms with van der Waals surface area (Å²) in [6.07, 6.45) is 2.09. The van der Waals surface area contributed by atoms with Gasteiger partial charge in [0.2, 0.25) is 0 Å². The van der Waals surface area contributed by atoms with Gasteiger partial charge in [-0.15, -0.1) is 0 Å². The van der Waals surface area contributed by atoms with E-state index in [2.05, 4.69) is 20.5 Å². The minimum Gasteiger partial charge on any atom is -0.384 e. The number of nitriles is 1. The predicted molar refractivity (Wildman–Crippen MR) is 59.7 cm³/mol. The number of aromatic nitrogens is 3. The second-order valence-electron chi connectivity index (χ2n) is 3.41. The van der Waals surface area contributed by atoms with E-state index >= 15 is 0 Å². The van der Waals surface area contributed by atoms with Gasteiger partial charge in [-0.05, 0) is 18.2 Å². The zero-order valence-corrected chi connectivity index (χ0v) is 8.94. The molecule has 5 nitrogen and oxygen atoms in total. The minimum absolute atomic E-state index is 0.294. The number of benzene rings is 1. The van der Waals surface area contributed by atoms with Gasteiger partial charge >= 0.3 is 0 Å². The summed E-state index contributed by atoms with van der Waals surface area (Å²) < 4.78 is 12.9. The lowest BCUT2D eigenvalue weighted by molar-refractivity contribution is 0.627. The number of halogens is 1. The Balaban J connectivity index is 1.97. The number of hydrogen-bond acceptors (Lipinski definition) is 4. The van der Waals surface area contributed by atoms with Crippen LogP contribution in [-0.2, 0) is 6.42 Å². The smallest absolute Gasteiger partial charge is 0.137 e. The van der Waals surface area contributed by atoms with Crippen LogP contribution in [0.3, 0.4) is 0 Å². The van der Waals surface area contributed by atoms with Crippen molar-refractivity contribution >= 4 is 5.69 Å². The van der Waals surface area contributed by atoms with Crippen molar-refractivity contribution in [1.29, 1.82) is 5.26 Å². The standard InChI is InChI=1S/C11H10FN5/c12-9-1-2-10(8(5-9)6-13)14-4-3-11-15-7-16-17-11/h1-2,5,7,14H,3-4H2,(H,15,16,17). The molecule has 0 atom stereocenters. The lowest BCUT2D eigenvalue weighted by Crippen LogP contribution is -2.07. The van der Waals surface area contributed by atoms with Crippen LogP contribution < -0.4 is 5.32 Å². The molecule has 0 aliphatic rings. The number of anilines is 1. The first-order valence-electron chi connectivity index (χ1n) is 5.07. The normalized spacial score (nSPS) is 9.88. The van der Waals surface area contributed by atoms with Crippen molar-refractivity contribution in [2.24, 2.45) is 0 Å². The molecule has 1 heterocycles. The molecule has 0 bridgehead atoms. The second-order valence-corrected chi connectivity index (χ2v) is 3.41. The molecule has 0 amide bonds. The van der Waals surface area contributed by atoms with Crippen LogP contribution in [-0.4, -0.2) is 21.7 Å². The van der Waals surface area contributed by atoms with Gasteiger partial charge in [0.15, 0.2) is 0 Å². The monoisotopic (exact) mass is 231 g/mol. The number of rotatable bonds is 4. The van der Waals surface area contributed by atoms with Crippen LogP contribution in [0.4, 0.5) is 10.1 Å². The fraction of sp³-hybridized carbons (Fsp3) is 0.182. The molecule has 0 saturated heterocycles. The van der Waals surface area contributed by atoms with E-state index in [1.165, 1.54) is 18.5 Å². The van der Waals surface area contributed by atoms with E-state index in [4.69, 9.17) is 5.26 Å². The van der Waals surface area contributed by atoms with Crippen LogP contribution in [0.2, 0.25) is 0 Å². The molecule has 0 saturated carbocycles. The van der Waals surface area contributed by atoms with Gasteiger partial charge in [0, 0.05) is 13.0 Å². The fourth-order valence-corrected chi connectivity index (χ4v) is 1.43. The summed E-state index contributed by atoms with van der Waals surface area (Å²) in [7, 11) is 0. The molecule has 0 radical (unpaired) electrons. The van der Waals surface area contributed by atoms with Crippen molar-refractivity contribution in [2.75, 3.05) is 11.9 Å². The number of nitrogens with one attached hydrogen (secondary N) is 2. The Morgan fingerprint density at radius 1 is 1.47 bits per heavy atom. The Labute approximate surface area is 97.3 Å². The highest BCUT2D eigenvalue weighted by atomic mass is 19.1. The largest absolute Gasteiger partial charge is 0.384 e. The van der Waals surface area contributed by atoms with Crippen LogP contribution in [0, 0.1) is 17.1 Å². The van der Waals surface area contributed by atoms with Crippen molar-refractivity contribution in [1.82, 2.24) is 15.2 Å². The summed E-state index contributed by atoms with van der Waals surface area (Å²) in [5.74, 6) is 0.348. The highest BCUT2D eigenvalue weighted by Gasteiger charge is 2.03. The quantitative estimate of drug-likeness (QED) is 0.835. The molecule has 0 aliphatic heterocycles. The predicted octanol–water partition coefficient (Wildman–Crippen LogP) is 1.47. The molecule has 0 aliphatic carbocycles. The van der Waals surface area contributed by atoms with Crippen LogP contribution in [0.15, 0.2) is 24.5 Å². The SMILES string of the molecule is N#Cc1cc(F)ccc1NCCc1ncn[nH]1. The first-order chi connectivity index (χ1) is 8.29. The first-order valence-corrected chi connectivity index (χ1v) is 5.07. The maximum absolute atomic E-state index is 12.9. The Bertz CT molecular complexity index is 529. The van der Waals surface area contributed by atoms with Gasteiger partial charge < -0.3 is 5.32 Å². The molecule has 1 aromatic heterocycles. The summed E-state index contributed by atoms with van der Waals surface area (Å²) >= 11 is 0. The Kier molecular flexibility index (Phi) is 3.31. The van der Waals surface area contributed by atoms with Gasteiger partial charge in [-0.3, -0.25) is 5.10 Å². The fourth-order valence-electron chi connectivity index (χ4n) is 1.43. The Hall–Kier alpha value is -2.42. The molecule has 2 rings (SSSR count). The van der Waals surface area contributed by atoms with E-state index in [9.17, 15) is 4.39 Å². The molecule has 0 unspecified atom stereocenters. The summed E-state index contributed by atoms with van der Waals surface area (Å²) in [6.45, 7) is 0.593. The van der Waals surface area contributed by atoms with E-state index in [0.29, 0.717) is 24.2 Å². The molecular formula is C11H10FN5. The average molecular weight is 231 g/mol. The molecule has 17 heavy (non-hydrogen) atoms. The van der Waals surface area contributed by atoms with Crippen LogP contribution in [0.25, 0.3) is 0 Å². The van der Waals surface area contributed by atoms with Crippen molar-refractivity contribution < 1.29 is 4.39 Å². The third kappa shape index (κ3) is 2.78. The van der Waals surface area contributed by atoms with Crippen molar-refractivity contribution in [3.8, 4) is 6.07 Å². The van der Waals surface area contributed by atoms with Gasteiger partial charge in [0.25, 0.3) is 0 Å². The molecule has 2 N–H and O–H groups in total. The van der Waals surface area contributed by atoms with Gasteiger partial charge in [-0.1, -0.05) is 0 Å². The van der Waals surface area contributed by atoms with Crippen LogP contribution >= 0.6 is 0 Å². The summed E-state index contributed by atoms with van der Waals surface area (Å²) in [5, 5.41) is 18.4. The van der Waals surface area contributed by atoms with Crippen LogP contribution in [0.5, 0.6) is 0 Å². The molecule has 1 aromatic carbocycles. The third-order valence-corrected chi connectivity index (χ3v) is 2.24. The molecule has 0 spiro atoms. The Morgan fingerprint density at radius 3 is 3.06 bits per heavy atom. The summed E-state index contributed by atoms with van der Waals surface area (Å²) in [4.78, 5) is 3.97. The topological polar surface area (TPSA) is 77.4 Å². The maximum Gasteiger partial charge on any atom is 0.137 e. The average Bonchev–Trinajstić information content (AvgIpc) is 2.84. The first kappa shape index (κ1) is 11.1. The van der Waals surface area contributed by atoms with E-state index in [0.717, 1.165) is 5.82 Å². The van der Waals surface area contributed by atoms with Crippen molar-refractivity contribution in [3.63, 3.8) is 0 Å². The molecule has 6 heteroatoms. The molecule has 0 fully saturated rings. The summed E-state index contributed by atoms with van der Waals surface area (Å²) in [6, 6.07) is 6.01. The van der Waals surface area contributed by atoms with Gasteiger partial charge in [-0.2, -0.15) is 10.4 Å². The van der Waals surface area contributed by atoms with Gasteiger partial charge in [0.05, 0.1) is 11.3 Å². The van der Waals surface area contributed by atoms with Crippen LogP contribution in [0.1, 0.15) is 11.4 Å². The number of nitrogens with zero attached hydrogens (tertiary/aromatic N) is 3. The van der Waals surface area contributed by atoms with Gasteiger partial charge in [-0.25, -0.2) is 9.37 Å². The maximum atomic E-state index is 12.9. The highest BCUT2D eigenvalue weighted by Crippen LogP contribution is 2.15. The molecule has 86 valence electrons. The minimum atomic E-state index is -0.415. The molecule has 2 aromatic rings. The lowest BCUT2D eigenvalue weighted by atomic mass is 10.2. The highest BCUT2D eigenvalue weighted by molar-refractivity contribution is 5.57. The van der Waals surface area contributed by atoms with E-state index in [1.54, 1.807) is 6.07 Å². The van der Waals surface area contributed by atoms with E-state index < -0.39 is 5.82 Å². The summed E-state index contributed by atoms with van der Waals surface area (Å²) in [5.41, 5.74) is 0.913. The van der Waals surface area contributed by atoms with Crippen molar-refractivity contribution in [3.05, 3.63) is 41.7 Å². The van der Waals surface area contributed by atoms with Gasteiger partial charge in [0.1, 0.15) is 24.0 Å². The van der Waals surface area contributed by atoms with E-state index in [-0.39, 0.29) is 0 Å². The number of H-pyrrole nitrogens is 1. The Morgan fingerprint density at radius 2 is 2.35 bits per heavy atom. The van der Waals surface area contributed by atoms with Crippen molar-refractivity contribution in [2.45, 2.75) is 6.42 Å². The number of hydrogen-bond donors (Lipinski definition) is 2. The number of aromatic amines is 1. The zero-order chi connectivity index (χ0) is 12.1. The lowest BCUT2D eigenvalue weighted by Gasteiger charge is -2.06. The van der Waals surface area contributed by atoms with E-state index in [1.807, 2.05) is 6.07 Å².